The van der Waals surface area contributed by atoms with Gasteiger partial charge in [-0.25, -0.2) is 8.42 Å². The molecule has 1 fully saturated rings. The molecule has 0 bridgehead atoms. The molecule has 7 heteroatoms. The Morgan fingerprint density at radius 3 is 2.26 bits per heavy atom. The van der Waals surface area contributed by atoms with Crippen LogP contribution < -0.4 is 9.04 Å². The Morgan fingerprint density at radius 2 is 1.67 bits per heavy atom. The number of amides is 1. The summed E-state index contributed by atoms with van der Waals surface area (Å²) < 4.78 is 32.6. The highest BCUT2D eigenvalue weighted by molar-refractivity contribution is 7.92. The number of benzene rings is 2. The van der Waals surface area contributed by atoms with Crippen molar-refractivity contribution in [1.82, 2.24) is 4.90 Å². The largest absolute Gasteiger partial charge is 0.484 e. The predicted molar refractivity (Wildman–Crippen MR) is 104 cm³/mol. The van der Waals surface area contributed by atoms with Crippen LogP contribution in [0.3, 0.4) is 0 Å². The lowest BCUT2D eigenvalue weighted by atomic mass is 10.3. The highest BCUT2D eigenvalue weighted by atomic mass is 32.2. The number of carbonyl (C=O) groups excluding carboxylic acids is 1. The van der Waals surface area contributed by atoms with E-state index in [1.807, 2.05) is 0 Å². The molecular formula is C20H24N2O4S. The lowest BCUT2D eigenvalue weighted by molar-refractivity contribution is -0.132. The molecule has 0 saturated carbocycles. The van der Waals surface area contributed by atoms with Crippen molar-refractivity contribution < 1.29 is 17.9 Å². The molecule has 0 atom stereocenters. The molecule has 0 aliphatic carbocycles. The van der Waals surface area contributed by atoms with Crippen molar-refractivity contribution in [2.24, 2.45) is 0 Å². The second kappa shape index (κ2) is 8.43. The lowest BCUT2D eigenvalue weighted by Gasteiger charge is -2.23. The van der Waals surface area contributed by atoms with Gasteiger partial charge in [0.25, 0.3) is 15.9 Å². The van der Waals surface area contributed by atoms with Crippen molar-refractivity contribution in [3.8, 4) is 5.75 Å². The first kappa shape index (κ1) is 19.2. The minimum atomic E-state index is -3.62. The van der Waals surface area contributed by atoms with Crippen LogP contribution in [0.25, 0.3) is 0 Å². The molecule has 0 radical (unpaired) electrons. The zero-order valence-corrected chi connectivity index (χ0v) is 16.2. The monoisotopic (exact) mass is 388 g/mol. The van der Waals surface area contributed by atoms with E-state index in [0.29, 0.717) is 18.0 Å². The fourth-order valence-corrected chi connectivity index (χ4v) is 4.62. The van der Waals surface area contributed by atoms with Crippen LogP contribution in [0.5, 0.6) is 5.75 Å². The quantitative estimate of drug-likeness (QED) is 0.731. The zero-order valence-electron chi connectivity index (χ0n) is 15.4. The van der Waals surface area contributed by atoms with Gasteiger partial charge in [-0.3, -0.25) is 9.10 Å². The van der Waals surface area contributed by atoms with E-state index < -0.39 is 10.0 Å². The first-order valence-corrected chi connectivity index (χ1v) is 10.5. The highest BCUT2D eigenvalue weighted by Crippen LogP contribution is 2.25. The Morgan fingerprint density at radius 1 is 1.04 bits per heavy atom. The number of nitrogens with zero attached hydrogens (tertiary/aromatic N) is 2. The van der Waals surface area contributed by atoms with E-state index in [-0.39, 0.29) is 17.4 Å². The van der Waals surface area contributed by atoms with Gasteiger partial charge in [0.05, 0.1) is 10.6 Å². The molecule has 1 heterocycles. The van der Waals surface area contributed by atoms with Crippen LogP contribution in [0.15, 0.2) is 59.5 Å². The van der Waals surface area contributed by atoms with Crippen LogP contribution in [0, 0.1) is 0 Å². The van der Waals surface area contributed by atoms with Crippen molar-refractivity contribution in [2.75, 3.05) is 30.5 Å². The SMILES string of the molecule is CCN(c1ccc(OCC(=O)N2CCCC2)cc1)S(=O)(=O)c1ccccc1. The van der Waals surface area contributed by atoms with Crippen molar-refractivity contribution in [2.45, 2.75) is 24.7 Å². The number of anilines is 1. The Balaban J connectivity index is 1.69. The van der Waals surface area contributed by atoms with Crippen molar-refractivity contribution in [3.05, 3.63) is 54.6 Å². The fraction of sp³-hybridized carbons (Fsp3) is 0.350. The molecule has 1 amide bonds. The van der Waals surface area contributed by atoms with Crippen LogP contribution in [-0.4, -0.2) is 45.5 Å². The summed E-state index contributed by atoms with van der Waals surface area (Å²) in [6.45, 7) is 3.69. The number of rotatable bonds is 7. The maximum atomic E-state index is 12.9. The number of ether oxygens (including phenoxy) is 1. The number of hydrogen-bond donors (Lipinski definition) is 0. The van der Waals surface area contributed by atoms with Crippen LogP contribution in [-0.2, 0) is 14.8 Å². The Kier molecular flexibility index (Phi) is 6.01. The summed E-state index contributed by atoms with van der Waals surface area (Å²) in [5.74, 6) is 0.526. The first-order chi connectivity index (χ1) is 13.0. The minimum absolute atomic E-state index is 0.000841. The fourth-order valence-electron chi connectivity index (χ4n) is 3.12. The van der Waals surface area contributed by atoms with E-state index in [1.54, 1.807) is 66.4 Å². The molecule has 0 N–H and O–H groups in total. The molecule has 1 aliphatic heterocycles. The first-order valence-electron chi connectivity index (χ1n) is 9.11. The maximum Gasteiger partial charge on any atom is 0.264 e. The summed E-state index contributed by atoms with van der Waals surface area (Å²) in [4.78, 5) is 14.1. The molecule has 2 aromatic carbocycles. The lowest BCUT2D eigenvalue weighted by Crippen LogP contribution is -2.32. The number of likely N-dealkylation sites (tertiary alicyclic amines) is 1. The molecule has 0 unspecified atom stereocenters. The standard InChI is InChI=1S/C20H24N2O4S/c1-2-22(27(24,25)19-8-4-3-5-9-19)17-10-12-18(13-11-17)26-16-20(23)21-14-6-7-15-21/h3-5,8-13H,2,6-7,14-16H2,1H3. The molecule has 3 rings (SSSR count). The number of hydrogen-bond acceptors (Lipinski definition) is 4. The van der Waals surface area contributed by atoms with Gasteiger partial charge in [0, 0.05) is 19.6 Å². The normalized spacial score (nSPS) is 14.2. The molecule has 144 valence electrons. The van der Waals surface area contributed by atoms with Gasteiger partial charge in [-0.15, -0.1) is 0 Å². The average Bonchev–Trinajstić information content (AvgIpc) is 3.23. The third kappa shape index (κ3) is 4.42. The van der Waals surface area contributed by atoms with Crippen LogP contribution in [0.1, 0.15) is 19.8 Å². The molecule has 1 saturated heterocycles. The van der Waals surface area contributed by atoms with E-state index in [2.05, 4.69) is 0 Å². The Bertz CT molecular complexity index is 861. The van der Waals surface area contributed by atoms with E-state index in [4.69, 9.17) is 4.74 Å². The van der Waals surface area contributed by atoms with E-state index in [9.17, 15) is 13.2 Å². The summed E-state index contributed by atoms with van der Waals surface area (Å²) in [5, 5.41) is 0. The summed E-state index contributed by atoms with van der Waals surface area (Å²) in [6.07, 6.45) is 2.09. The number of carbonyl (C=O) groups is 1. The topological polar surface area (TPSA) is 66.9 Å². The van der Waals surface area contributed by atoms with Gasteiger partial charge in [0.15, 0.2) is 6.61 Å². The van der Waals surface area contributed by atoms with Gasteiger partial charge in [-0.1, -0.05) is 18.2 Å². The summed E-state index contributed by atoms with van der Waals surface area (Å²) in [5.41, 5.74) is 0.555. The van der Waals surface area contributed by atoms with Crippen molar-refractivity contribution >= 4 is 21.6 Å². The molecule has 0 spiro atoms. The third-order valence-corrected chi connectivity index (χ3v) is 6.48. The van der Waals surface area contributed by atoms with Crippen molar-refractivity contribution in [3.63, 3.8) is 0 Å². The van der Waals surface area contributed by atoms with Gasteiger partial charge >= 0.3 is 0 Å². The van der Waals surface area contributed by atoms with Gasteiger partial charge < -0.3 is 9.64 Å². The van der Waals surface area contributed by atoms with Crippen LogP contribution in [0.4, 0.5) is 5.69 Å². The highest BCUT2D eigenvalue weighted by Gasteiger charge is 2.23. The summed E-state index contributed by atoms with van der Waals surface area (Å²) in [7, 11) is -3.62. The third-order valence-electron chi connectivity index (χ3n) is 4.56. The Hall–Kier alpha value is -2.54. The van der Waals surface area contributed by atoms with Crippen LogP contribution >= 0.6 is 0 Å². The maximum absolute atomic E-state index is 12.9. The smallest absolute Gasteiger partial charge is 0.264 e. The second-order valence-electron chi connectivity index (χ2n) is 6.35. The number of sulfonamides is 1. The molecule has 1 aliphatic rings. The van der Waals surface area contributed by atoms with E-state index in [1.165, 1.54) is 4.31 Å². The van der Waals surface area contributed by atoms with Gasteiger partial charge in [-0.05, 0) is 56.2 Å². The van der Waals surface area contributed by atoms with Gasteiger partial charge in [0.1, 0.15) is 5.75 Å². The van der Waals surface area contributed by atoms with Crippen LogP contribution in [0.2, 0.25) is 0 Å². The molecule has 6 nitrogen and oxygen atoms in total. The zero-order chi connectivity index (χ0) is 19.3. The van der Waals surface area contributed by atoms with Crippen molar-refractivity contribution in [1.29, 1.82) is 0 Å². The van der Waals surface area contributed by atoms with Gasteiger partial charge in [-0.2, -0.15) is 0 Å². The molecule has 0 aromatic heterocycles. The summed E-state index contributed by atoms with van der Waals surface area (Å²) in [6, 6.07) is 15.1. The average molecular weight is 388 g/mol. The van der Waals surface area contributed by atoms with E-state index >= 15 is 0 Å². The molecule has 2 aromatic rings. The second-order valence-corrected chi connectivity index (χ2v) is 8.22. The summed E-state index contributed by atoms with van der Waals surface area (Å²) >= 11 is 0. The predicted octanol–water partition coefficient (Wildman–Crippen LogP) is 2.90. The van der Waals surface area contributed by atoms with Gasteiger partial charge in [0.2, 0.25) is 0 Å². The Labute approximate surface area is 160 Å². The molecular weight excluding hydrogens is 364 g/mol. The molecule has 27 heavy (non-hydrogen) atoms. The minimum Gasteiger partial charge on any atom is -0.484 e. The van der Waals surface area contributed by atoms with E-state index in [0.717, 1.165) is 25.9 Å².